The number of rotatable bonds is 10. The number of allylic oxidation sites excluding steroid dienone is 7. The van der Waals surface area contributed by atoms with Crippen molar-refractivity contribution < 1.29 is 62.2 Å². The van der Waals surface area contributed by atoms with Gasteiger partial charge in [-0.2, -0.15) is 0 Å². The number of aromatic nitrogens is 2. The molecule has 0 fully saturated rings. The Labute approximate surface area is 607 Å². The molecular formula is C83H103Cl2N3O13. The third-order valence-corrected chi connectivity index (χ3v) is 25.0. The summed E-state index contributed by atoms with van der Waals surface area (Å²) in [7, 11) is 13.6. The minimum Gasteiger partial charge on any atom is -0.496 e. The molecule has 0 saturated carbocycles. The van der Waals surface area contributed by atoms with Crippen LogP contribution in [0.5, 0.6) is 46.0 Å². The van der Waals surface area contributed by atoms with Crippen LogP contribution in [0.1, 0.15) is 178 Å². The van der Waals surface area contributed by atoms with E-state index in [0.29, 0.717) is 30.5 Å². The predicted molar refractivity (Wildman–Crippen MR) is 396 cm³/mol. The van der Waals surface area contributed by atoms with Crippen LogP contribution in [0.4, 0.5) is 0 Å². The number of hydrogen-bond donors (Lipinski definition) is 1. The van der Waals surface area contributed by atoms with E-state index >= 15 is 0 Å². The second-order valence-corrected chi connectivity index (χ2v) is 32.0. The zero-order valence-electron chi connectivity index (χ0n) is 63.1. The van der Waals surface area contributed by atoms with Gasteiger partial charge in [-0.1, -0.05) is 110 Å². The lowest BCUT2D eigenvalue weighted by atomic mass is 9.49. The number of halogens is 2. The highest BCUT2D eigenvalue weighted by molar-refractivity contribution is 6.32. The summed E-state index contributed by atoms with van der Waals surface area (Å²) >= 11 is 11.9. The van der Waals surface area contributed by atoms with Gasteiger partial charge in [0.1, 0.15) is 57.3 Å². The van der Waals surface area contributed by atoms with Crippen molar-refractivity contribution in [1.82, 2.24) is 9.97 Å². The third-order valence-electron chi connectivity index (χ3n) is 24.6. The Morgan fingerprint density at radius 2 is 0.881 bits per heavy atom. The summed E-state index contributed by atoms with van der Waals surface area (Å²) in [5.41, 5.74) is 12.6. The zero-order valence-corrected chi connectivity index (χ0v) is 64.7. The average molecular weight is 1420 g/mol. The number of carbonyl (C=O) groups excluding carboxylic acids is 3. The molecule has 5 aromatic rings. The maximum atomic E-state index is 13.1. The van der Waals surface area contributed by atoms with Crippen molar-refractivity contribution in [2.75, 3.05) is 56.9 Å². The van der Waals surface area contributed by atoms with Crippen LogP contribution in [0.15, 0.2) is 106 Å². The van der Waals surface area contributed by atoms with E-state index in [4.69, 9.17) is 65.8 Å². The van der Waals surface area contributed by atoms with Crippen molar-refractivity contribution in [3.8, 4) is 46.0 Å². The topological polar surface area (TPSA) is 193 Å². The number of ketones is 2. The van der Waals surface area contributed by atoms with Gasteiger partial charge in [-0.15, -0.1) is 0 Å². The molecule has 0 spiro atoms. The second-order valence-electron chi connectivity index (χ2n) is 31.3. The lowest BCUT2D eigenvalue weighted by Crippen LogP contribution is -2.55. The number of esters is 1. The number of fused-ring (bicyclic) bond motifs is 8. The van der Waals surface area contributed by atoms with Crippen molar-refractivity contribution in [3.05, 3.63) is 162 Å². The van der Waals surface area contributed by atoms with Gasteiger partial charge in [0.15, 0.2) is 17.3 Å². The van der Waals surface area contributed by atoms with Gasteiger partial charge in [0.05, 0.1) is 62.6 Å². The second kappa shape index (κ2) is 28.8. The molecule has 0 saturated heterocycles. The van der Waals surface area contributed by atoms with Crippen molar-refractivity contribution in [1.29, 1.82) is 0 Å². The molecule has 18 heteroatoms. The quantitative estimate of drug-likeness (QED) is 0.0346. The molecular weight excluding hydrogens is 1320 g/mol. The summed E-state index contributed by atoms with van der Waals surface area (Å²) in [6.45, 7) is 30.1. The van der Waals surface area contributed by atoms with Gasteiger partial charge in [-0.05, 0) is 207 Å². The zero-order chi connectivity index (χ0) is 74.0. The number of methoxy groups -OCH3 is 8. The van der Waals surface area contributed by atoms with Crippen molar-refractivity contribution in [3.63, 3.8) is 0 Å². The molecule has 1 aromatic heterocycles. The Balaban J connectivity index is 0.000000147. The monoisotopic (exact) mass is 1420 g/mol. The van der Waals surface area contributed by atoms with E-state index in [2.05, 4.69) is 109 Å². The number of oxime groups is 1. The third kappa shape index (κ3) is 13.0. The molecule has 101 heavy (non-hydrogen) atoms. The van der Waals surface area contributed by atoms with Crippen LogP contribution in [0.25, 0.3) is 0 Å². The van der Waals surface area contributed by atoms with Crippen LogP contribution in [0.3, 0.4) is 0 Å². The maximum Gasteiger partial charge on any atom is 0.357 e. The number of carbonyl (C=O) groups is 3. The van der Waals surface area contributed by atoms with Crippen LogP contribution in [-0.2, 0) is 61.7 Å². The number of nitrogens with zero attached hydrogens (tertiary/aromatic N) is 3. The van der Waals surface area contributed by atoms with Crippen LogP contribution < -0.4 is 37.9 Å². The van der Waals surface area contributed by atoms with Crippen molar-refractivity contribution >= 4 is 46.4 Å². The fourth-order valence-corrected chi connectivity index (χ4v) is 20.3. The van der Waals surface area contributed by atoms with Crippen molar-refractivity contribution in [2.45, 2.75) is 176 Å². The van der Waals surface area contributed by atoms with Gasteiger partial charge in [0.25, 0.3) is 0 Å². The van der Waals surface area contributed by atoms with E-state index in [0.717, 1.165) is 135 Å². The molecule has 9 atom stereocenters. The highest BCUT2D eigenvalue weighted by Gasteiger charge is 2.59. The number of benzene rings is 4. The highest BCUT2D eigenvalue weighted by Crippen LogP contribution is 2.63. The summed E-state index contributed by atoms with van der Waals surface area (Å²) in [5.74, 6) is 8.37. The largest absolute Gasteiger partial charge is 0.496 e. The molecule has 0 amide bonds. The van der Waals surface area contributed by atoms with E-state index < -0.39 is 12.1 Å². The minimum absolute atomic E-state index is 0.0354. The molecule has 13 rings (SSSR count). The van der Waals surface area contributed by atoms with Crippen LogP contribution in [0.2, 0.25) is 10.4 Å². The summed E-state index contributed by atoms with van der Waals surface area (Å²) < 4.78 is 51.3. The standard InChI is InChI=1S/C25H28Cl2N2O4.C20H26O3.C19H25NO3.C19H24O3/c1-13-7-10-18-24(2,3)20-14(16(31-5)8-9-17(20)32-6)12-25(18,4)21(13)33-22(30)15-11-19(26)29-23(27)28-15;1-12-7-10-16-19(2,3)17-13(11-20(16,4)18(12)21)14(22-5)8-9-15(17)23-6;1-11-6-7-14-12(18(11)20-21)10-13-15(22-4)8-9-16(23-5)17(13)19(14,2)3;1-11-6-7-14-12(18(11)20)10-13-15(21-4)8-9-16(22-5)17(13)19(14,2)3/h7-9,11,18,21H,10,12H2,1-6H3;7-9,16H,10-11H2,1-6H3;6,8-9,12,14,21H,7,10H2,1-5H3;6,8-9,12,14H,7,10H2,1-5H3/t18-,21?,25-;16-,20-;2*12?,14-/m0011/s1. The fraction of sp³-hybridized carbons (Fsp3) is 0.518. The van der Waals surface area contributed by atoms with Crippen LogP contribution in [0, 0.1) is 46.3 Å². The normalized spacial score (nSPS) is 26.6. The van der Waals surface area contributed by atoms with Gasteiger partial charge in [0.2, 0.25) is 5.28 Å². The van der Waals surface area contributed by atoms with E-state index in [9.17, 15) is 19.6 Å². The number of hydrogen-bond acceptors (Lipinski definition) is 16. The Hall–Kier alpha value is -7.82. The Bertz CT molecular complexity index is 4230. The van der Waals surface area contributed by atoms with Gasteiger partial charge >= 0.3 is 5.97 Å². The van der Waals surface area contributed by atoms with Gasteiger partial charge in [-0.3, -0.25) is 9.59 Å². The van der Waals surface area contributed by atoms with Crippen LogP contribution >= 0.6 is 23.2 Å². The molecule has 1 N–H and O–H groups in total. The summed E-state index contributed by atoms with van der Waals surface area (Å²) in [6, 6.07) is 17.1. The van der Waals surface area contributed by atoms with E-state index in [1.54, 1.807) is 56.9 Å². The van der Waals surface area contributed by atoms with E-state index in [1.807, 2.05) is 76.2 Å². The molecule has 0 bridgehead atoms. The smallest absolute Gasteiger partial charge is 0.357 e. The Morgan fingerprint density at radius 1 is 0.485 bits per heavy atom. The summed E-state index contributed by atoms with van der Waals surface area (Å²) in [6.07, 6.45) is 14.8. The molecule has 8 aliphatic rings. The fourth-order valence-electron chi connectivity index (χ4n) is 19.8. The van der Waals surface area contributed by atoms with Crippen molar-refractivity contribution in [2.24, 2.45) is 51.5 Å². The molecule has 8 aliphatic carbocycles. The Morgan fingerprint density at radius 3 is 1.35 bits per heavy atom. The molecule has 1 heterocycles. The number of Topliss-reactive ketones (excluding diaryl/α,β-unsaturated/α-hetero) is 2. The lowest BCUT2D eigenvalue weighted by molar-refractivity contribution is -0.130. The summed E-state index contributed by atoms with van der Waals surface area (Å²) in [5, 5.41) is 13.2. The molecule has 3 unspecified atom stereocenters. The first-order valence-corrected chi connectivity index (χ1v) is 35.8. The first-order valence-electron chi connectivity index (χ1n) is 35.0. The lowest BCUT2D eigenvalue weighted by Gasteiger charge is -2.56. The van der Waals surface area contributed by atoms with Gasteiger partial charge in [0, 0.05) is 73.2 Å². The predicted octanol–water partition coefficient (Wildman–Crippen LogP) is 17.6. The number of ether oxygens (including phenoxy) is 9. The average Bonchev–Trinajstić information content (AvgIpc) is 0.721. The molecule has 16 nitrogen and oxygen atoms in total. The van der Waals surface area contributed by atoms with E-state index in [1.165, 1.54) is 28.3 Å². The summed E-state index contributed by atoms with van der Waals surface area (Å²) in [4.78, 5) is 46.6. The first kappa shape index (κ1) is 75.8. The maximum absolute atomic E-state index is 13.1. The SMILES string of the molecule is COc1ccc(OC)c2c1CC1C(=NO)C(C)=CC[C@H]1C2(C)C.COc1ccc(OC)c2c1CC1C(=O)C(C)=CC[C@H]1C2(C)C.COc1ccc(OC)c2c1C[C@]1(C)C(=O)C(C)=CC[C@H]1C2(C)C.COc1ccc(OC)c2c1C[C@]1(C)C(OC(=O)c3cc(Cl)nc(Cl)n3)C(C)=CC[C@H]1C2(C)C. The van der Waals surface area contributed by atoms with E-state index in [-0.39, 0.29) is 78.1 Å². The Kier molecular flexibility index (Phi) is 21.6. The van der Waals surface area contributed by atoms with Gasteiger partial charge < -0.3 is 47.8 Å². The molecule has 0 radical (unpaired) electrons. The molecule has 4 aromatic carbocycles. The van der Waals surface area contributed by atoms with Crippen LogP contribution in [-0.4, -0.2) is 101 Å². The molecule has 542 valence electrons. The highest BCUT2D eigenvalue weighted by atomic mass is 35.5. The first-order chi connectivity index (χ1) is 47.7. The van der Waals surface area contributed by atoms with Gasteiger partial charge in [-0.25, -0.2) is 14.8 Å². The minimum atomic E-state index is -0.581. The molecule has 0 aliphatic heterocycles.